The summed E-state index contributed by atoms with van der Waals surface area (Å²) in [5, 5.41) is 3.69. The summed E-state index contributed by atoms with van der Waals surface area (Å²) in [4.78, 5) is 31.1. The number of fused-ring (bicyclic) bond motifs is 1. The highest BCUT2D eigenvalue weighted by Crippen LogP contribution is 2.38. The molecule has 208 valence electrons. The second-order valence-electron chi connectivity index (χ2n) is 12.2. The van der Waals surface area contributed by atoms with Crippen LogP contribution in [0, 0.1) is 0 Å². The van der Waals surface area contributed by atoms with Crippen LogP contribution in [0.2, 0.25) is 0 Å². The van der Waals surface area contributed by atoms with Crippen molar-refractivity contribution in [3.63, 3.8) is 0 Å². The summed E-state index contributed by atoms with van der Waals surface area (Å²) in [5.41, 5.74) is 5.38. The molecule has 0 aliphatic carbocycles. The highest BCUT2D eigenvalue weighted by atomic mass is 32.1. The molecule has 1 N–H and O–H groups in total. The van der Waals surface area contributed by atoms with Gasteiger partial charge in [0.05, 0.1) is 21.3 Å². The molecule has 5 nitrogen and oxygen atoms in total. The highest BCUT2D eigenvalue weighted by molar-refractivity contribution is 7.21. The molecule has 0 unspecified atom stereocenters. The molecule has 0 radical (unpaired) electrons. The van der Waals surface area contributed by atoms with E-state index in [4.69, 9.17) is 9.72 Å². The summed E-state index contributed by atoms with van der Waals surface area (Å²) >= 11 is 1.50. The summed E-state index contributed by atoms with van der Waals surface area (Å²) in [6.07, 6.45) is 0. The average Bonchev–Trinajstić information content (AvgIpc) is 3.37. The Balaban J connectivity index is 1.45. The molecule has 1 amide bonds. The zero-order valence-corrected chi connectivity index (χ0v) is 25.1. The lowest BCUT2D eigenvalue weighted by molar-refractivity contribution is 0.0735. The summed E-state index contributed by atoms with van der Waals surface area (Å²) in [5.74, 6) is -0.297. The van der Waals surface area contributed by atoms with Gasteiger partial charge in [-0.3, -0.25) is 4.79 Å². The van der Waals surface area contributed by atoms with Crippen molar-refractivity contribution in [1.29, 1.82) is 0 Å². The van der Waals surface area contributed by atoms with Gasteiger partial charge in [0.25, 0.3) is 5.91 Å². The standard InChI is InChI=1S/C35H34N2O3S/c1-34(2,3)24-15-11-22(12-16-24)31(38)36-26-19-20-29(27(21-26)32-37-28-9-7-8-10-30(28)41-32)40-33(39)23-13-17-25(18-14-23)35(4,5)6/h7-21H,1-6H3,(H,36,38). The van der Waals surface area contributed by atoms with Crippen molar-refractivity contribution >= 4 is 39.1 Å². The van der Waals surface area contributed by atoms with Gasteiger partial charge >= 0.3 is 5.97 Å². The number of hydrogen-bond donors (Lipinski definition) is 1. The molecule has 6 heteroatoms. The first-order valence-electron chi connectivity index (χ1n) is 13.6. The van der Waals surface area contributed by atoms with Crippen LogP contribution >= 0.6 is 11.3 Å². The summed E-state index contributed by atoms with van der Waals surface area (Å²) < 4.78 is 6.93. The van der Waals surface area contributed by atoms with E-state index in [1.54, 1.807) is 24.3 Å². The number of carbonyl (C=O) groups excluding carboxylic acids is 2. The Bertz CT molecular complexity index is 1690. The fraction of sp³-hybridized carbons (Fsp3) is 0.229. The van der Waals surface area contributed by atoms with E-state index < -0.39 is 5.97 Å². The van der Waals surface area contributed by atoms with Crippen LogP contribution in [0.3, 0.4) is 0 Å². The van der Waals surface area contributed by atoms with E-state index >= 15 is 0 Å². The minimum absolute atomic E-state index is 0.00303. The quantitative estimate of drug-likeness (QED) is 0.171. The second-order valence-corrected chi connectivity index (χ2v) is 13.2. The van der Waals surface area contributed by atoms with E-state index in [1.807, 2.05) is 66.7 Å². The van der Waals surface area contributed by atoms with Crippen LogP contribution in [0.5, 0.6) is 5.75 Å². The Labute approximate surface area is 245 Å². The summed E-state index contributed by atoms with van der Waals surface area (Å²) in [7, 11) is 0. The van der Waals surface area contributed by atoms with E-state index in [-0.39, 0.29) is 16.7 Å². The molecule has 41 heavy (non-hydrogen) atoms. The van der Waals surface area contributed by atoms with Gasteiger partial charge in [-0.15, -0.1) is 11.3 Å². The zero-order chi connectivity index (χ0) is 29.4. The van der Waals surface area contributed by atoms with Crippen LogP contribution < -0.4 is 10.1 Å². The Morgan fingerprint density at radius 1 is 0.732 bits per heavy atom. The number of rotatable bonds is 5. The minimum atomic E-state index is -0.455. The van der Waals surface area contributed by atoms with Crippen molar-refractivity contribution in [2.45, 2.75) is 52.4 Å². The number of nitrogens with zero attached hydrogens (tertiary/aromatic N) is 1. The van der Waals surface area contributed by atoms with Crippen LogP contribution in [-0.4, -0.2) is 16.9 Å². The van der Waals surface area contributed by atoms with Crippen molar-refractivity contribution in [3.8, 4) is 16.3 Å². The van der Waals surface area contributed by atoms with E-state index in [0.29, 0.717) is 33.1 Å². The maximum atomic E-state index is 13.2. The zero-order valence-electron chi connectivity index (χ0n) is 24.2. The summed E-state index contributed by atoms with van der Waals surface area (Å²) in [6.45, 7) is 12.8. The average molecular weight is 563 g/mol. The molecule has 0 atom stereocenters. The lowest BCUT2D eigenvalue weighted by Gasteiger charge is -2.19. The number of thiazole rings is 1. The predicted molar refractivity (Wildman–Crippen MR) is 168 cm³/mol. The molecule has 5 aromatic rings. The smallest absolute Gasteiger partial charge is 0.343 e. The first-order chi connectivity index (χ1) is 19.4. The number of benzene rings is 4. The van der Waals surface area contributed by atoms with Crippen LogP contribution in [0.25, 0.3) is 20.8 Å². The molecule has 0 aliphatic rings. The number of nitrogens with one attached hydrogen (secondary N) is 1. The number of amides is 1. The van der Waals surface area contributed by atoms with Crippen molar-refractivity contribution in [2.24, 2.45) is 0 Å². The van der Waals surface area contributed by atoms with Gasteiger partial charge in [0.15, 0.2) is 0 Å². The number of esters is 1. The lowest BCUT2D eigenvalue weighted by atomic mass is 9.86. The van der Waals surface area contributed by atoms with Crippen LogP contribution in [0.1, 0.15) is 73.4 Å². The molecule has 1 heterocycles. The molecule has 5 rings (SSSR count). The van der Waals surface area contributed by atoms with Crippen molar-refractivity contribution in [3.05, 3.63) is 113 Å². The molecule has 4 aromatic carbocycles. The van der Waals surface area contributed by atoms with Gasteiger partial charge in [0, 0.05) is 11.3 Å². The largest absolute Gasteiger partial charge is 0.422 e. The highest BCUT2D eigenvalue weighted by Gasteiger charge is 2.20. The number of ether oxygens (including phenoxy) is 1. The van der Waals surface area contributed by atoms with Gasteiger partial charge < -0.3 is 10.1 Å². The Morgan fingerprint density at radius 3 is 1.90 bits per heavy atom. The van der Waals surface area contributed by atoms with Gasteiger partial charge in [-0.2, -0.15) is 0 Å². The van der Waals surface area contributed by atoms with Crippen molar-refractivity contribution < 1.29 is 14.3 Å². The molecule has 1 aromatic heterocycles. The van der Waals surface area contributed by atoms with Gasteiger partial charge in [-0.1, -0.05) is 77.9 Å². The Hall–Kier alpha value is -4.29. The molecule has 0 saturated heterocycles. The Kier molecular flexibility index (Phi) is 7.54. The first-order valence-corrected chi connectivity index (χ1v) is 14.4. The fourth-order valence-electron chi connectivity index (χ4n) is 4.44. The van der Waals surface area contributed by atoms with Crippen molar-refractivity contribution in [2.75, 3.05) is 5.32 Å². The Morgan fingerprint density at radius 2 is 1.32 bits per heavy atom. The van der Waals surface area contributed by atoms with Gasteiger partial charge in [-0.05, 0) is 76.6 Å². The monoisotopic (exact) mass is 562 g/mol. The normalized spacial score (nSPS) is 11.9. The molecule has 0 saturated carbocycles. The van der Waals surface area contributed by atoms with Crippen LogP contribution in [-0.2, 0) is 10.8 Å². The van der Waals surface area contributed by atoms with Crippen LogP contribution in [0.4, 0.5) is 5.69 Å². The van der Waals surface area contributed by atoms with Crippen LogP contribution in [0.15, 0.2) is 91.0 Å². The molecule has 0 fully saturated rings. The van der Waals surface area contributed by atoms with Gasteiger partial charge in [-0.25, -0.2) is 9.78 Å². The topological polar surface area (TPSA) is 68.3 Å². The van der Waals surface area contributed by atoms with Crippen molar-refractivity contribution in [1.82, 2.24) is 4.98 Å². The van der Waals surface area contributed by atoms with E-state index in [9.17, 15) is 9.59 Å². The molecular weight excluding hydrogens is 528 g/mol. The SMILES string of the molecule is CC(C)(C)c1ccc(C(=O)Nc2ccc(OC(=O)c3ccc(C(C)(C)C)cc3)c(-c3nc4ccccc4s3)c2)cc1. The van der Waals surface area contributed by atoms with E-state index in [2.05, 4.69) is 46.9 Å². The third-order valence-corrected chi connectivity index (χ3v) is 8.03. The first kappa shape index (κ1) is 28.2. The second kappa shape index (κ2) is 10.9. The number of para-hydroxylation sites is 1. The minimum Gasteiger partial charge on any atom is -0.422 e. The van der Waals surface area contributed by atoms with E-state index in [0.717, 1.165) is 21.3 Å². The number of carbonyl (C=O) groups is 2. The maximum absolute atomic E-state index is 13.2. The molecule has 0 bridgehead atoms. The molecule has 0 spiro atoms. The number of aromatic nitrogens is 1. The predicted octanol–water partition coefficient (Wildman–Crippen LogP) is 9.03. The fourth-order valence-corrected chi connectivity index (χ4v) is 5.43. The molecular formula is C35H34N2O3S. The lowest BCUT2D eigenvalue weighted by Crippen LogP contribution is -2.15. The van der Waals surface area contributed by atoms with Gasteiger partial charge in [0.2, 0.25) is 0 Å². The third kappa shape index (κ3) is 6.39. The van der Waals surface area contributed by atoms with Gasteiger partial charge in [0.1, 0.15) is 10.8 Å². The summed E-state index contributed by atoms with van der Waals surface area (Å²) in [6, 6.07) is 28.3. The third-order valence-electron chi connectivity index (χ3n) is 6.96. The molecule has 0 aliphatic heterocycles. The van der Waals surface area contributed by atoms with E-state index in [1.165, 1.54) is 11.3 Å². The number of anilines is 1. The maximum Gasteiger partial charge on any atom is 0.343 e. The number of hydrogen-bond acceptors (Lipinski definition) is 5.